The summed E-state index contributed by atoms with van der Waals surface area (Å²) in [6, 6.07) is 1.16. The van der Waals surface area contributed by atoms with E-state index in [2.05, 4.69) is 9.97 Å². The van der Waals surface area contributed by atoms with Gasteiger partial charge in [0.05, 0.1) is 6.61 Å². The second-order valence-electron chi connectivity index (χ2n) is 3.03. The molecule has 1 heterocycles. The average molecular weight is 281 g/mol. The maximum absolute atomic E-state index is 11.0. The first-order valence-electron chi connectivity index (χ1n) is 4.49. The lowest BCUT2D eigenvalue weighted by Gasteiger charge is -2.05. The van der Waals surface area contributed by atoms with Crippen LogP contribution in [0.25, 0.3) is 0 Å². The highest BCUT2D eigenvalue weighted by Gasteiger charge is 2.12. The summed E-state index contributed by atoms with van der Waals surface area (Å²) in [5.41, 5.74) is 5.02. The predicted molar refractivity (Wildman–Crippen MR) is 62.9 cm³/mol. The molecule has 1 rings (SSSR count). The van der Waals surface area contributed by atoms with Crippen molar-refractivity contribution >= 4 is 25.2 Å². The minimum absolute atomic E-state index is 0.118. The van der Waals surface area contributed by atoms with Crippen molar-refractivity contribution in [3.05, 3.63) is 16.4 Å². The fourth-order valence-corrected chi connectivity index (χ4v) is 2.01. The molecule has 0 bridgehead atoms. The Balaban J connectivity index is 2.31. The molecule has 1 aromatic heterocycles. The van der Waals surface area contributed by atoms with Gasteiger partial charge in [-0.3, -0.25) is 9.36 Å². The number of nitrogen functional groups attached to an aromatic ring is 1. The molecule has 96 valence electrons. The molecule has 0 aromatic carbocycles. The van der Waals surface area contributed by atoms with Gasteiger partial charge in [0.2, 0.25) is 0 Å². The number of H-pyrrole nitrogens is 1. The molecule has 1 aromatic rings. The molecule has 10 heteroatoms. The number of aromatic nitrogens is 2. The van der Waals surface area contributed by atoms with E-state index in [1.807, 2.05) is 0 Å². The fourth-order valence-electron chi connectivity index (χ4n) is 0.902. The molecule has 0 saturated heterocycles. The molecule has 0 saturated carbocycles. The lowest BCUT2D eigenvalue weighted by atomic mass is 10.6. The predicted octanol–water partition coefficient (Wildman–Crippen LogP) is -0.404. The molecular weight excluding hydrogens is 269 g/mol. The first kappa shape index (κ1) is 14.2. The number of hydrogen-bond acceptors (Lipinski definition) is 6. The summed E-state index contributed by atoms with van der Waals surface area (Å²) in [7, 11) is -4.12. The topological polar surface area (TPSA) is 139 Å². The summed E-state index contributed by atoms with van der Waals surface area (Å²) >= 11 is 1.17. The number of hydrogen-bond donors (Lipinski definition) is 4. The van der Waals surface area contributed by atoms with Crippen LogP contribution >= 0.6 is 19.4 Å². The lowest BCUT2D eigenvalue weighted by molar-refractivity contribution is 0.173. The van der Waals surface area contributed by atoms with Crippen molar-refractivity contribution in [2.75, 3.05) is 24.4 Å². The van der Waals surface area contributed by atoms with Gasteiger partial charge in [-0.1, -0.05) is 11.8 Å². The van der Waals surface area contributed by atoms with Gasteiger partial charge in [-0.25, -0.2) is 4.98 Å². The minimum Gasteiger partial charge on any atom is -0.383 e. The molecule has 0 aliphatic carbocycles. The highest BCUT2D eigenvalue weighted by atomic mass is 32.2. The SMILES string of the molecule is Nc1cc(=O)[nH]c(SCCOCP(=O)(O)O)n1. The Morgan fingerprint density at radius 1 is 1.59 bits per heavy atom. The Labute approximate surface area is 101 Å². The normalized spacial score (nSPS) is 11.6. The van der Waals surface area contributed by atoms with E-state index in [0.29, 0.717) is 10.9 Å². The van der Waals surface area contributed by atoms with Gasteiger partial charge < -0.3 is 25.2 Å². The summed E-state index contributed by atoms with van der Waals surface area (Å²) < 4.78 is 15.2. The summed E-state index contributed by atoms with van der Waals surface area (Å²) in [5, 5.41) is 0.342. The fraction of sp³-hybridized carbons (Fsp3) is 0.429. The van der Waals surface area contributed by atoms with Crippen LogP contribution in [-0.4, -0.2) is 38.5 Å². The Morgan fingerprint density at radius 2 is 2.29 bits per heavy atom. The highest BCUT2D eigenvalue weighted by molar-refractivity contribution is 7.99. The number of anilines is 1. The second-order valence-corrected chi connectivity index (χ2v) is 5.70. The van der Waals surface area contributed by atoms with Crippen LogP contribution < -0.4 is 11.3 Å². The zero-order valence-corrected chi connectivity index (χ0v) is 10.4. The van der Waals surface area contributed by atoms with E-state index in [4.69, 9.17) is 20.3 Å². The van der Waals surface area contributed by atoms with Gasteiger partial charge in [-0.15, -0.1) is 0 Å². The number of nitrogens with two attached hydrogens (primary N) is 1. The van der Waals surface area contributed by atoms with E-state index in [1.165, 1.54) is 11.8 Å². The summed E-state index contributed by atoms with van der Waals surface area (Å²) in [5.74, 6) is 0.513. The van der Waals surface area contributed by atoms with Crippen LogP contribution in [0, 0.1) is 0 Å². The van der Waals surface area contributed by atoms with Gasteiger partial charge in [0.1, 0.15) is 12.2 Å². The monoisotopic (exact) mass is 281 g/mol. The van der Waals surface area contributed by atoms with Crippen LogP contribution in [0.1, 0.15) is 0 Å². The lowest BCUT2D eigenvalue weighted by Crippen LogP contribution is -2.10. The van der Waals surface area contributed by atoms with Gasteiger partial charge in [-0.2, -0.15) is 0 Å². The van der Waals surface area contributed by atoms with E-state index < -0.39 is 13.9 Å². The summed E-state index contributed by atoms with van der Waals surface area (Å²) in [4.78, 5) is 34.3. The Hall–Kier alpha value is -0.860. The van der Waals surface area contributed by atoms with E-state index in [1.54, 1.807) is 0 Å². The van der Waals surface area contributed by atoms with Gasteiger partial charge in [0, 0.05) is 11.8 Å². The molecule has 0 aliphatic heterocycles. The zero-order chi connectivity index (χ0) is 12.9. The first-order chi connectivity index (χ1) is 7.87. The van der Waals surface area contributed by atoms with E-state index in [9.17, 15) is 9.36 Å². The first-order valence-corrected chi connectivity index (χ1v) is 7.27. The molecule has 17 heavy (non-hydrogen) atoms. The maximum Gasteiger partial charge on any atom is 0.350 e. The molecule has 0 amide bonds. The minimum atomic E-state index is -4.12. The quantitative estimate of drug-likeness (QED) is 0.239. The molecule has 0 spiro atoms. The van der Waals surface area contributed by atoms with Gasteiger partial charge in [-0.05, 0) is 0 Å². The molecule has 0 unspecified atom stereocenters. The third kappa shape index (κ3) is 6.44. The van der Waals surface area contributed by atoms with Crippen molar-refractivity contribution in [1.82, 2.24) is 9.97 Å². The Bertz CT molecular complexity index is 473. The van der Waals surface area contributed by atoms with Gasteiger partial charge >= 0.3 is 7.60 Å². The van der Waals surface area contributed by atoms with Crippen molar-refractivity contribution in [3.63, 3.8) is 0 Å². The molecule has 5 N–H and O–H groups in total. The second kappa shape index (κ2) is 6.18. The van der Waals surface area contributed by atoms with Crippen LogP contribution in [-0.2, 0) is 9.30 Å². The average Bonchev–Trinajstić information content (AvgIpc) is 2.13. The van der Waals surface area contributed by atoms with Crippen molar-refractivity contribution in [1.29, 1.82) is 0 Å². The number of nitrogens with zero attached hydrogens (tertiary/aromatic N) is 1. The van der Waals surface area contributed by atoms with Crippen LogP contribution in [0.5, 0.6) is 0 Å². The van der Waals surface area contributed by atoms with Crippen LogP contribution in [0.4, 0.5) is 5.82 Å². The molecule has 8 nitrogen and oxygen atoms in total. The largest absolute Gasteiger partial charge is 0.383 e. The van der Waals surface area contributed by atoms with Crippen molar-refractivity contribution in [3.8, 4) is 0 Å². The van der Waals surface area contributed by atoms with Crippen LogP contribution in [0.2, 0.25) is 0 Å². The maximum atomic E-state index is 11.0. The van der Waals surface area contributed by atoms with Crippen molar-refractivity contribution in [2.24, 2.45) is 0 Å². The highest BCUT2D eigenvalue weighted by Crippen LogP contribution is 2.33. The third-order valence-electron chi connectivity index (χ3n) is 1.47. The molecule has 0 atom stereocenters. The molecule has 0 aliphatic rings. The van der Waals surface area contributed by atoms with Gasteiger partial charge in [0.25, 0.3) is 5.56 Å². The Kier molecular flexibility index (Phi) is 5.16. The third-order valence-corrected chi connectivity index (χ3v) is 2.82. The standard InChI is InChI=1S/C7H12N3O5PS/c8-5-3-6(11)10-7(9-5)17-2-1-15-4-16(12,13)14/h3H,1-2,4H2,(H2,12,13,14)(H3,8,9,10,11). The number of nitrogens with one attached hydrogen (secondary N) is 1. The molecular formula is C7H12N3O5PS. The summed E-state index contributed by atoms with van der Waals surface area (Å²) in [6.07, 6.45) is -0.617. The molecule has 0 fully saturated rings. The van der Waals surface area contributed by atoms with E-state index in [0.717, 1.165) is 6.07 Å². The van der Waals surface area contributed by atoms with E-state index in [-0.39, 0.29) is 18.0 Å². The van der Waals surface area contributed by atoms with Crippen LogP contribution in [0.3, 0.4) is 0 Å². The zero-order valence-electron chi connectivity index (χ0n) is 8.70. The van der Waals surface area contributed by atoms with Crippen molar-refractivity contribution < 1.29 is 19.1 Å². The smallest absolute Gasteiger partial charge is 0.350 e. The van der Waals surface area contributed by atoms with Crippen LogP contribution in [0.15, 0.2) is 16.0 Å². The van der Waals surface area contributed by atoms with Gasteiger partial charge in [0.15, 0.2) is 5.16 Å². The Morgan fingerprint density at radius 3 is 2.88 bits per heavy atom. The number of ether oxygens (including phenoxy) is 1. The van der Waals surface area contributed by atoms with E-state index >= 15 is 0 Å². The summed E-state index contributed by atoms with van der Waals surface area (Å²) in [6.45, 7) is 0.133. The number of rotatable bonds is 6. The molecule has 0 radical (unpaired) electrons. The number of aromatic amines is 1. The number of thioether (sulfide) groups is 1. The van der Waals surface area contributed by atoms with Crippen molar-refractivity contribution in [2.45, 2.75) is 5.16 Å².